The summed E-state index contributed by atoms with van der Waals surface area (Å²) in [5.74, 6) is -0.0735. The average Bonchev–Trinajstić information content (AvgIpc) is 3.00. The zero-order valence-electron chi connectivity index (χ0n) is 12.1. The predicted octanol–water partition coefficient (Wildman–Crippen LogP) is 3.19. The number of aliphatic hydroxyl groups excluding tert-OH is 1. The zero-order valence-corrected chi connectivity index (χ0v) is 12.9. The smallest absolute Gasteiger partial charge is 0.264 e. The van der Waals surface area contributed by atoms with Crippen LogP contribution < -0.4 is 0 Å². The highest BCUT2D eigenvalue weighted by molar-refractivity contribution is 7.21. The van der Waals surface area contributed by atoms with E-state index >= 15 is 0 Å². The number of carbonyl (C=O) groups is 1. The summed E-state index contributed by atoms with van der Waals surface area (Å²) in [5, 5.41) is 10.0. The first-order chi connectivity index (χ1) is 10.0. The number of fused-ring (bicyclic) bond motifs is 1. The van der Waals surface area contributed by atoms with Crippen LogP contribution in [0.3, 0.4) is 0 Å². The molecule has 1 fully saturated rings. The molecule has 112 valence electrons. The van der Waals surface area contributed by atoms with Crippen LogP contribution in [0.2, 0.25) is 0 Å². The largest absolute Gasteiger partial charge is 0.394 e. The van der Waals surface area contributed by atoms with Crippen LogP contribution in [0.4, 0.5) is 4.39 Å². The number of likely N-dealkylation sites (tertiary alicyclic amines) is 1. The van der Waals surface area contributed by atoms with Gasteiger partial charge in [-0.3, -0.25) is 4.79 Å². The predicted molar refractivity (Wildman–Crippen MR) is 82.2 cm³/mol. The van der Waals surface area contributed by atoms with Crippen molar-refractivity contribution < 1.29 is 14.3 Å². The molecule has 0 radical (unpaired) electrons. The summed E-state index contributed by atoms with van der Waals surface area (Å²) in [6.45, 7) is 4.47. The van der Waals surface area contributed by atoms with Crippen molar-refractivity contribution in [3.8, 4) is 0 Å². The van der Waals surface area contributed by atoms with Crippen LogP contribution in [0.15, 0.2) is 18.2 Å². The summed E-state index contributed by atoms with van der Waals surface area (Å²) in [5.41, 5.74) is 0.703. The van der Waals surface area contributed by atoms with Gasteiger partial charge in [0.1, 0.15) is 5.82 Å². The van der Waals surface area contributed by atoms with Gasteiger partial charge in [0.05, 0.1) is 17.5 Å². The molecule has 1 aliphatic heterocycles. The second kappa shape index (κ2) is 5.39. The number of aliphatic hydroxyl groups is 1. The lowest BCUT2D eigenvalue weighted by Crippen LogP contribution is -2.39. The van der Waals surface area contributed by atoms with E-state index in [9.17, 15) is 14.3 Å². The molecule has 3 nitrogen and oxygen atoms in total. The SMILES string of the molecule is Cc1c(C(=O)N2CCC(C)C2CO)sc2cccc(F)c12. The number of hydrogen-bond acceptors (Lipinski definition) is 3. The van der Waals surface area contributed by atoms with Crippen molar-refractivity contribution in [1.82, 2.24) is 4.90 Å². The second-order valence-electron chi connectivity index (χ2n) is 5.68. The number of thiophene rings is 1. The molecule has 1 N–H and O–H groups in total. The van der Waals surface area contributed by atoms with E-state index in [-0.39, 0.29) is 24.4 Å². The summed E-state index contributed by atoms with van der Waals surface area (Å²) in [6.07, 6.45) is 0.898. The highest BCUT2D eigenvalue weighted by atomic mass is 32.1. The van der Waals surface area contributed by atoms with Crippen LogP contribution in [0.5, 0.6) is 0 Å². The Morgan fingerprint density at radius 3 is 2.95 bits per heavy atom. The Balaban J connectivity index is 2.03. The number of halogens is 1. The van der Waals surface area contributed by atoms with Gasteiger partial charge in [0.25, 0.3) is 5.91 Å². The van der Waals surface area contributed by atoms with Crippen molar-refractivity contribution in [1.29, 1.82) is 0 Å². The van der Waals surface area contributed by atoms with Crippen molar-refractivity contribution in [3.05, 3.63) is 34.5 Å². The Morgan fingerprint density at radius 1 is 1.52 bits per heavy atom. The fourth-order valence-corrected chi connectivity index (χ4v) is 4.31. The first-order valence-electron chi connectivity index (χ1n) is 7.14. The van der Waals surface area contributed by atoms with Crippen LogP contribution in [0.1, 0.15) is 28.6 Å². The van der Waals surface area contributed by atoms with Gasteiger partial charge >= 0.3 is 0 Å². The number of carbonyl (C=O) groups excluding carboxylic acids is 1. The molecule has 0 saturated carbocycles. The Hall–Kier alpha value is -1.46. The third-order valence-electron chi connectivity index (χ3n) is 4.43. The van der Waals surface area contributed by atoms with Crippen LogP contribution in [-0.2, 0) is 0 Å². The minimum absolute atomic E-state index is 0.0226. The Morgan fingerprint density at radius 2 is 2.29 bits per heavy atom. The maximum Gasteiger partial charge on any atom is 0.264 e. The quantitative estimate of drug-likeness (QED) is 0.925. The highest BCUT2D eigenvalue weighted by Gasteiger charge is 2.35. The van der Waals surface area contributed by atoms with Crippen LogP contribution in [0, 0.1) is 18.7 Å². The van der Waals surface area contributed by atoms with Gasteiger partial charge in [-0.25, -0.2) is 4.39 Å². The molecule has 3 rings (SSSR count). The van der Waals surface area contributed by atoms with Crippen molar-refractivity contribution in [3.63, 3.8) is 0 Å². The lowest BCUT2D eigenvalue weighted by Gasteiger charge is -2.25. The van der Waals surface area contributed by atoms with Gasteiger partial charge in [-0.05, 0) is 37.0 Å². The van der Waals surface area contributed by atoms with E-state index in [2.05, 4.69) is 0 Å². The molecule has 1 aromatic heterocycles. The van der Waals surface area contributed by atoms with Crippen LogP contribution in [0.25, 0.3) is 10.1 Å². The summed E-state index contributed by atoms with van der Waals surface area (Å²) in [4.78, 5) is 15.1. The minimum atomic E-state index is -0.284. The first-order valence-corrected chi connectivity index (χ1v) is 7.95. The number of hydrogen-bond donors (Lipinski definition) is 1. The summed E-state index contributed by atoms with van der Waals surface area (Å²) < 4.78 is 14.7. The van der Waals surface area contributed by atoms with Crippen molar-refractivity contribution in [2.45, 2.75) is 26.3 Å². The Bertz CT molecular complexity index is 697. The van der Waals surface area contributed by atoms with E-state index < -0.39 is 0 Å². The van der Waals surface area contributed by atoms with Crippen LogP contribution >= 0.6 is 11.3 Å². The molecular formula is C16H18FNO2S. The van der Waals surface area contributed by atoms with Crippen molar-refractivity contribution in [2.24, 2.45) is 5.92 Å². The fourth-order valence-electron chi connectivity index (χ4n) is 3.13. The molecule has 2 unspecified atom stereocenters. The lowest BCUT2D eigenvalue weighted by molar-refractivity contribution is 0.0652. The minimum Gasteiger partial charge on any atom is -0.394 e. The molecular weight excluding hydrogens is 289 g/mol. The van der Waals surface area contributed by atoms with E-state index in [1.165, 1.54) is 17.4 Å². The van der Waals surface area contributed by atoms with Crippen molar-refractivity contribution in [2.75, 3.05) is 13.2 Å². The molecule has 2 atom stereocenters. The monoisotopic (exact) mass is 307 g/mol. The molecule has 0 bridgehead atoms. The normalized spacial score (nSPS) is 22.2. The second-order valence-corrected chi connectivity index (χ2v) is 6.74. The standard InChI is InChI=1S/C16H18FNO2S/c1-9-6-7-18(12(9)8-19)16(20)15-10(2)14-11(17)4-3-5-13(14)21-15/h3-5,9,12,19H,6-8H2,1-2H3. The molecule has 2 aromatic rings. The van der Waals surface area contributed by atoms with E-state index in [4.69, 9.17) is 0 Å². The van der Waals surface area contributed by atoms with Gasteiger partial charge in [-0.1, -0.05) is 13.0 Å². The van der Waals surface area contributed by atoms with Crippen molar-refractivity contribution >= 4 is 27.3 Å². The Kier molecular flexibility index (Phi) is 3.71. The van der Waals surface area contributed by atoms with E-state index in [1.54, 1.807) is 17.9 Å². The van der Waals surface area contributed by atoms with E-state index in [1.807, 2.05) is 13.0 Å². The summed E-state index contributed by atoms with van der Waals surface area (Å²) >= 11 is 1.33. The summed E-state index contributed by atoms with van der Waals surface area (Å²) in [7, 11) is 0. The number of amides is 1. The lowest BCUT2D eigenvalue weighted by atomic mass is 10.0. The van der Waals surface area contributed by atoms with Gasteiger partial charge in [0, 0.05) is 16.6 Å². The fraction of sp³-hybridized carbons (Fsp3) is 0.438. The molecule has 1 saturated heterocycles. The highest BCUT2D eigenvalue weighted by Crippen LogP contribution is 2.35. The van der Waals surface area contributed by atoms with Gasteiger partial charge in [0.2, 0.25) is 0 Å². The van der Waals surface area contributed by atoms with Gasteiger partial charge < -0.3 is 10.0 Å². The molecule has 2 heterocycles. The first kappa shape index (κ1) is 14.5. The molecule has 5 heteroatoms. The number of nitrogens with zero attached hydrogens (tertiary/aromatic N) is 1. The van der Waals surface area contributed by atoms with Gasteiger partial charge in [-0.15, -0.1) is 11.3 Å². The number of aryl methyl sites for hydroxylation is 1. The Labute approximate surface area is 127 Å². The molecule has 1 aromatic carbocycles. The van der Waals surface area contributed by atoms with Crippen LogP contribution in [-0.4, -0.2) is 35.1 Å². The third kappa shape index (κ3) is 2.24. The molecule has 0 aliphatic carbocycles. The van der Waals surface area contributed by atoms with E-state index in [0.29, 0.717) is 28.3 Å². The maximum absolute atomic E-state index is 13.9. The van der Waals surface area contributed by atoms with E-state index in [0.717, 1.165) is 11.1 Å². The molecule has 21 heavy (non-hydrogen) atoms. The molecule has 1 aliphatic rings. The maximum atomic E-state index is 13.9. The number of benzene rings is 1. The molecule has 0 spiro atoms. The average molecular weight is 307 g/mol. The zero-order chi connectivity index (χ0) is 15.1. The van der Waals surface area contributed by atoms with Gasteiger partial charge in [-0.2, -0.15) is 0 Å². The van der Waals surface area contributed by atoms with Gasteiger partial charge in [0.15, 0.2) is 0 Å². The molecule has 1 amide bonds. The summed E-state index contributed by atoms with van der Waals surface area (Å²) in [6, 6.07) is 4.79. The third-order valence-corrected chi connectivity index (χ3v) is 5.67. The number of rotatable bonds is 2. The topological polar surface area (TPSA) is 40.5 Å².